The van der Waals surface area contributed by atoms with Crippen molar-refractivity contribution in [2.75, 3.05) is 13.6 Å². The van der Waals surface area contributed by atoms with Gasteiger partial charge in [0.15, 0.2) is 5.96 Å². The molecule has 0 saturated heterocycles. The Morgan fingerprint density at radius 2 is 1.80 bits per heavy atom. The molecule has 0 spiro atoms. The number of aliphatic imine (C=N–C) groups is 1. The molecule has 1 unspecified atom stereocenters. The topological polar surface area (TPSA) is 91.8 Å². The minimum atomic E-state index is -3.63. The van der Waals surface area contributed by atoms with Gasteiger partial charge in [-0.1, -0.05) is 36.4 Å². The van der Waals surface area contributed by atoms with Crippen LogP contribution in [0.3, 0.4) is 0 Å². The van der Waals surface area contributed by atoms with E-state index in [-0.39, 0.29) is 11.0 Å². The van der Waals surface area contributed by atoms with Gasteiger partial charge >= 0.3 is 0 Å². The van der Waals surface area contributed by atoms with Crippen LogP contribution in [0.25, 0.3) is 0 Å². The molecule has 1 heterocycles. The van der Waals surface area contributed by atoms with Crippen molar-refractivity contribution in [2.24, 2.45) is 4.99 Å². The van der Waals surface area contributed by atoms with E-state index >= 15 is 0 Å². The number of sulfonamides is 1. The van der Waals surface area contributed by atoms with Crippen molar-refractivity contribution in [1.29, 1.82) is 0 Å². The Morgan fingerprint density at radius 3 is 2.50 bits per heavy atom. The van der Waals surface area contributed by atoms with Gasteiger partial charge in [-0.15, -0.1) is 0 Å². The number of benzene rings is 2. The fourth-order valence-electron chi connectivity index (χ4n) is 3.35. The molecule has 0 fully saturated rings. The van der Waals surface area contributed by atoms with E-state index in [0.717, 1.165) is 12.2 Å². The Morgan fingerprint density at radius 1 is 1.10 bits per heavy atom. The van der Waals surface area contributed by atoms with Gasteiger partial charge in [0.05, 0.1) is 11.4 Å². The van der Waals surface area contributed by atoms with Crippen LogP contribution in [0.5, 0.6) is 5.75 Å². The summed E-state index contributed by atoms with van der Waals surface area (Å²) in [5.74, 6) is 1.52. The quantitative estimate of drug-likeness (QED) is 0.484. The summed E-state index contributed by atoms with van der Waals surface area (Å²) in [6.07, 6.45) is 0.879. The predicted molar refractivity (Wildman–Crippen MR) is 119 cm³/mol. The monoisotopic (exact) mass is 430 g/mol. The minimum absolute atomic E-state index is 0.0320. The molecule has 0 aliphatic carbocycles. The zero-order valence-corrected chi connectivity index (χ0v) is 18.7. The summed E-state index contributed by atoms with van der Waals surface area (Å²) < 4.78 is 34.2. The summed E-state index contributed by atoms with van der Waals surface area (Å²) in [6, 6.07) is 15.0. The highest BCUT2D eigenvalue weighted by atomic mass is 32.2. The van der Waals surface area contributed by atoms with E-state index in [4.69, 9.17) is 4.74 Å². The first-order valence-electron chi connectivity index (χ1n) is 9.99. The lowest BCUT2D eigenvalue weighted by molar-refractivity contribution is 0.235. The van der Waals surface area contributed by atoms with Crippen molar-refractivity contribution in [3.63, 3.8) is 0 Å². The summed E-state index contributed by atoms with van der Waals surface area (Å²) >= 11 is 0. The van der Waals surface area contributed by atoms with Crippen molar-refractivity contribution < 1.29 is 13.2 Å². The minimum Gasteiger partial charge on any atom is -0.488 e. The maximum absolute atomic E-state index is 12.8. The van der Waals surface area contributed by atoms with Gasteiger partial charge in [-0.25, -0.2) is 13.1 Å². The summed E-state index contributed by atoms with van der Waals surface area (Å²) in [6.45, 7) is 6.38. The first-order chi connectivity index (χ1) is 14.2. The lowest BCUT2D eigenvalue weighted by atomic mass is 10.1. The number of hydrogen-bond donors (Lipinski definition) is 3. The summed E-state index contributed by atoms with van der Waals surface area (Å²) in [4.78, 5) is 4.50. The summed E-state index contributed by atoms with van der Waals surface area (Å²) in [5, 5.41) is 6.46. The molecule has 0 bridgehead atoms. The molecule has 3 N–H and O–H groups in total. The summed E-state index contributed by atoms with van der Waals surface area (Å²) in [7, 11) is -1.95. The number of guanidine groups is 1. The lowest BCUT2D eigenvalue weighted by Gasteiger charge is -2.22. The predicted octanol–water partition coefficient (Wildman–Crippen LogP) is 2.43. The van der Waals surface area contributed by atoms with Crippen LogP contribution in [0.1, 0.15) is 31.9 Å². The average Bonchev–Trinajstić information content (AvgIpc) is 3.09. The number of ether oxygens (including phenoxy) is 1. The van der Waals surface area contributed by atoms with Crippen LogP contribution in [0, 0.1) is 0 Å². The Hall–Kier alpha value is -2.58. The van der Waals surface area contributed by atoms with E-state index in [9.17, 15) is 8.42 Å². The fraction of sp³-hybridized carbons (Fsp3) is 0.409. The van der Waals surface area contributed by atoms with Crippen LogP contribution in [0.2, 0.25) is 0 Å². The van der Waals surface area contributed by atoms with Gasteiger partial charge in [-0.05, 0) is 44.0 Å². The van der Waals surface area contributed by atoms with Gasteiger partial charge in [-0.2, -0.15) is 0 Å². The third kappa shape index (κ3) is 5.73. The van der Waals surface area contributed by atoms with Gasteiger partial charge in [-0.3, -0.25) is 4.99 Å². The van der Waals surface area contributed by atoms with Crippen LogP contribution in [-0.4, -0.2) is 39.6 Å². The van der Waals surface area contributed by atoms with Crippen LogP contribution in [0.15, 0.2) is 58.4 Å². The van der Waals surface area contributed by atoms with E-state index in [1.807, 2.05) is 45.0 Å². The second-order valence-corrected chi connectivity index (χ2v) is 9.97. The number of nitrogens with zero attached hydrogens (tertiary/aromatic N) is 1. The van der Waals surface area contributed by atoms with Crippen LogP contribution >= 0.6 is 0 Å². The standard InChI is InChI=1S/C22H30N4O3S/c1-22(2,3)26-30(27,28)20-12-8-6-10-17(20)14-24-21(23-4)25-15-18-13-16-9-5-7-11-19(16)29-18/h5-12,18,26H,13-15H2,1-4H3,(H2,23,24,25). The smallest absolute Gasteiger partial charge is 0.241 e. The van der Waals surface area contributed by atoms with Gasteiger partial charge < -0.3 is 15.4 Å². The molecule has 0 aromatic heterocycles. The van der Waals surface area contributed by atoms with E-state index < -0.39 is 15.6 Å². The molecule has 2 aromatic carbocycles. The highest BCUT2D eigenvalue weighted by molar-refractivity contribution is 7.89. The van der Waals surface area contributed by atoms with Crippen molar-refractivity contribution in [3.8, 4) is 5.75 Å². The number of fused-ring (bicyclic) bond motifs is 1. The molecule has 8 heteroatoms. The largest absolute Gasteiger partial charge is 0.488 e. The van der Waals surface area contributed by atoms with Gasteiger partial charge in [0.1, 0.15) is 11.9 Å². The second kappa shape index (κ2) is 9.06. The third-order valence-corrected chi connectivity index (χ3v) is 6.44. The van der Waals surface area contributed by atoms with Gasteiger partial charge in [0.25, 0.3) is 0 Å². The zero-order valence-electron chi connectivity index (χ0n) is 17.9. The van der Waals surface area contributed by atoms with Gasteiger partial charge in [0.2, 0.25) is 10.0 Å². The molecule has 7 nitrogen and oxygen atoms in total. The molecule has 3 rings (SSSR count). The second-order valence-electron chi connectivity index (χ2n) is 8.32. The maximum Gasteiger partial charge on any atom is 0.241 e. The molecule has 162 valence electrons. The van der Waals surface area contributed by atoms with E-state index in [1.165, 1.54) is 5.56 Å². The molecule has 2 aromatic rings. The molecule has 30 heavy (non-hydrogen) atoms. The first-order valence-corrected chi connectivity index (χ1v) is 11.5. The lowest BCUT2D eigenvalue weighted by Crippen LogP contribution is -2.43. The van der Waals surface area contributed by atoms with E-state index in [0.29, 0.717) is 24.6 Å². The SMILES string of the molecule is CN=C(NCc1ccccc1S(=O)(=O)NC(C)(C)C)NCC1Cc2ccccc2O1. The van der Waals surface area contributed by atoms with Crippen molar-refractivity contribution in [1.82, 2.24) is 15.4 Å². The van der Waals surface area contributed by atoms with E-state index in [1.54, 1.807) is 25.2 Å². The molecule has 1 aliphatic rings. The molecule has 0 saturated carbocycles. The highest BCUT2D eigenvalue weighted by Crippen LogP contribution is 2.27. The summed E-state index contributed by atoms with van der Waals surface area (Å²) in [5.41, 5.74) is 1.31. The molecule has 0 radical (unpaired) electrons. The van der Waals surface area contributed by atoms with Crippen LogP contribution in [0.4, 0.5) is 0 Å². The molecule has 1 atom stereocenters. The molecular formula is C22H30N4O3S. The average molecular weight is 431 g/mol. The van der Waals surface area contributed by atoms with Gasteiger partial charge in [0, 0.05) is 25.6 Å². The van der Waals surface area contributed by atoms with Crippen LogP contribution < -0.4 is 20.1 Å². The Bertz CT molecular complexity index is 988. The third-order valence-electron chi connectivity index (χ3n) is 4.58. The number of para-hydroxylation sites is 1. The van der Waals surface area contributed by atoms with Crippen molar-refractivity contribution >= 4 is 16.0 Å². The number of hydrogen-bond acceptors (Lipinski definition) is 4. The Kier molecular flexibility index (Phi) is 6.67. The zero-order chi connectivity index (χ0) is 21.8. The Labute approximate surface area is 179 Å². The number of nitrogens with one attached hydrogen (secondary N) is 3. The molecule has 1 aliphatic heterocycles. The number of rotatable bonds is 6. The maximum atomic E-state index is 12.8. The van der Waals surface area contributed by atoms with Crippen LogP contribution in [-0.2, 0) is 23.0 Å². The fourth-order valence-corrected chi connectivity index (χ4v) is 5.01. The van der Waals surface area contributed by atoms with E-state index in [2.05, 4.69) is 26.4 Å². The Balaban J connectivity index is 1.60. The van der Waals surface area contributed by atoms with Crippen molar-refractivity contribution in [3.05, 3.63) is 59.7 Å². The normalized spacial score (nSPS) is 16.7. The van der Waals surface area contributed by atoms with Crippen molar-refractivity contribution in [2.45, 2.75) is 50.3 Å². The first kappa shape index (κ1) is 22.1. The molecule has 0 amide bonds. The molecular weight excluding hydrogens is 400 g/mol. The highest BCUT2D eigenvalue weighted by Gasteiger charge is 2.25.